The molecule has 0 radical (unpaired) electrons. The fraction of sp³-hybridized carbons (Fsp3) is 0.683. The third-order valence-electron chi connectivity index (χ3n) is 10.6. The number of amides is 2. The third kappa shape index (κ3) is 12.9. The van der Waals surface area contributed by atoms with E-state index in [1.165, 1.54) is 0 Å². The van der Waals surface area contributed by atoms with Gasteiger partial charge in [-0.3, -0.25) is 0 Å². The normalized spacial score (nSPS) is 22.8. The van der Waals surface area contributed by atoms with Gasteiger partial charge in [0, 0.05) is 42.5 Å². The molecule has 0 unspecified atom stereocenters. The summed E-state index contributed by atoms with van der Waals surface area (Å²) in [5.41, 5.74) is 2.25. The van der Waals surface area contributed by atoms with Crippen LogP contribution in [0.5, 0.6) is 11.5 Å². The van der Waals surface area contributed by atoms with Crippen LogP contribution in [0.3, 0.4) is 0 Å². The SMILES string of the molecule is COc1ccc(C[C@@H]2[C@H](OCOCC[Si](C)(C)C)[C@@H](OCOCC[Si](C)(C)C)[C@@H](Cc3ccc(OC)cc3)N(CC3CC3)C(=O)N2CC2CC2)cc1. The predicted octanol–water partition coefficient (Wildman–Crippen LogP) is 8.18. The van der Waals surface area contributed by atoms with E-state index in [1.54, 1.807) is 14.2 Å². The van der Waals surface area contributed by atoms with Crippen molar-refractivity contribution in [1.82, 2.24) is 9.80 Å². The van der Waals surface area contributed by atoms with E-state index >= 15 is 4.79 Å². The minimum Gasteiger partial charge on any atom is -0.497 e. The van der Waals surface area contributed by atoms with Crippen LogP contribution in [0.1, 0.15) is 36.8 Å². The van der Waals surface area contributed by atoms with Crippen molar-refractivity contribution in [3.05, 3.63) is 59.7 Å². The number of nitrogens with zero attached hydrogens (tertiary/aromatic N) is 2. The zero-order chi connectivity index (χ0) is 37.3. The van der Waals surface area contributed by atoms with Crippen LogP contribution >= 0.6 is 0 Å². The van der Waals surface area contributed by atoms with Crippen LogP contribution in [0.25, 0.3) is 0 Å². The van der Waals surface area contributed by atoms with Crippen LogP contribution in [0.4, 0.5) is 4.79 Å². The lowest BCUT2D eigenvalue weighted by Gasteiger charge is -2.38. The van der Waals surface area contributed by atoms with Crippen LogP contribution in [-0.2, 0) is 31.8 Å². The lowest BCUT2D eigenvalue weighted by molar-refractivity contribution is -0.187. The average molecular weight is 755 g/mol. The Morgan fingerprint density at radius 2 is 0.962 bits per heavy atom. The van der Waals surface area contributed by atoms with Crippen molar-refractivity contribution in [2.24, 2.45) is 11.8 Å². The summed E-state index contributed by atoms with van der Waals surface area (Å²) in [4.78, 5) is 19.5. The number of carbonyl (C=O) groups is 1. The van der Waals surface area contributed by atoms with Crippen molar-refractivity contribution in [3.63, 3.8) is 0 Å². The lowest BCUT2D eigenvalue weighted by Crippen LogP contribution is -2.54. The van der Waals surface area contributed by atoms with E-state index in [0.29, 0.717) is 51.0 Å². The molecule has 5 rings (SSSR count). The van der Waals surface area contributed by atoms with E-state index in [4.69, 9.17) is 28.4 Å². The first-order valence-electron chi connectivity index (χ1n) is 19.6. The van der Waals surface area contributed by atoms with Gasteiger partial charge in [0.25, 0.3) is 0 Å². The molecule has 11 heteroatoms. The summed E-state index contributed by atoms with van der Waals surface area (Å²) in [5.74, 6) is 2.62. The van der Waals surface area contributed by atoms with Gasteiger partial charge in [0.15, 0.2) is 0 Å². The van der Waals surface area contributed by atoms with Crippen LogP contribution in [-0.4, -0.2) is 110 Å². The van der Waals surface area contributed by atoms with Gasteiger partial charge in [-0.1, -0.05) is 63.5 Å². The Kier molecular flexibility index (Phi) is 14.7. The highest BCUT2D eigenvalue weighted by Gasteiger charge is 2.50. The minimum absolute atomic E-state index is 0.0924. The topological polar surface area (TPSA) is 78.9 Å². The van der Waals surface area contributed by atoms with Crippen LogP contribution < -0.4 is 9.47 Å². The number of methoxy groups -OCH3 is 2. The Labute approximate surface area is 315 Å². The van der Waals surface area contributed by atoms with Gasteiger partial charge in [-0.25, -0.2) is 4.79 Å². The number of carbonyl (C=O) groups excluding carboxylic acids is 1. The van der Waals surface area contributed by atoms with Crippen LogP contribution in [0.15, 0.2) is 48.5 Å². The fourth-order valence-corrected chi connectivity index (χ4v) is 8.34. The van der Waals surface area contributed by atoms with Crippen molar-refractivity contribution >= 4 is 22.2 Å². The maximum atomic E-state index is 15.2. The fourth-order valence-electron chi connectivity index (χ4n) is 6.82. The van der Waals surface area contributed by atoms with E-state index in [1.807, 2.05) is 24.3 Å². The molecule has 1 heterocycles. The zero-order valence-corrected chi connectivity index (χ0v) is 35.2. The molecular formula is C41H66N2O7Si2. The van der Waals surface area contributed by atoms with Gasteiger partial charge in [-0.05, 0) is 97.8 Å². The molecule has 4 atom stereocenters. The maximum Gasteiger partial charge on any atom is 0.320 e. The number of urea groups is 1. The minimum atomic E-state index is -1.29. The molecule has 2 aromatic rings. The Morgan fingerprint density at radius 1 is 0.596 bits per heavy atom. The van der Waals surface area contributed by atoms with E-state index in [2.05, 4.69) is 73.3 Å². The van der Waals surface area contributed by atoms with Gasteiger partial charge < -0.3 is 38.2 Å². The van der Waals surface area contributed by atoms with Gasteiger partial charge in [-0.2, -0.15) is 0 Å². The Morgan fingerprint density at radius 3 is 1.27 bits per heavy atom. The van der Waals surface area contributed by atoms with Crippen LogP contribution in [0.2, 0.25) is 51.4 Å². The first-order chi connectivity index (χ1) is 24.8. The summed E-state index contributed by atoms with van der Waals surface area (Å²) in [7, 11) is 0.797. The third-order valence-corrected chi connectivity index (χ3v) is 14.0. The zero-order valence-electron chi connectivity index (χ0n) is 33.2. The summed E-state index contributed by atoms with van der Waals surface area (Å²) >= 11 is 0. The highest BCUT2D eigenvalue weighted by molar-refractivity contribution is 6.76. The quantitative estimate of drug-likeness (QED) is 0.0682. The Bertz CT molecular complexity index is 1270. The molecule has 2 amide bonds. The largest absolute Gasteiger partial charge is 0.497 e. The monoisotopic (exact) mass is 754 g/mol. The van der Waals surface area contributed by atoms with E-state index in [9.17, 15) is 0 Å². The molecular weight excluding hydrogens is 689 g/mol. The molecule has 1 saturated heterocycles. The molecule has 52 heavy (non-hydrogen) atoms. The molecule has 2 aromatic carbocycles. The summed E-state index contributed by atoms with van der Waals surface area (Å²) in [6.45, 7) is 17.2. The van der Waals surface area contributed by atoms with Crippen molar-refractivity contribution < 1.29 is 33.2 Å². The molecule has 1 aliphatic heterocycles. The number of benzene rings is 2. The van der Waals surface area contributed by atoms with Gasteiger partial charge in [0.05, 0.1) is 26.3 Å². The highest BCUT2D eigenvalue weighted by Crippen LogP contribution is 2.38. The molecule has 9 nitrogen and oxygen atoms in total. The second kappa shape index (κ2) is 18.8. The lowest BCUT2D eigenvalue weighted by atomic mass is 9.90. The Hall–Kier alpha value is -2.42. The first kappa shape index (κ1) is 40.8. The van der Waals surface area contributed by atoms with E-state index in [-0.39, 0.29) is 31.7 Å². The standard InChI is InChI=1S/C41H66N2O7Si2/c1-45-35-17-13-31(14-18-35)25-37-39(49-29-47-21-23-51(3,4)5)40(50-30-48-22-24-52(6,7)8)38(26-32-15-19-36(46-2)20-16-32)43(28-34-11-12-34)41(44)42(37)27-33-9-10-33/h13-20,33-34,37-40H,9-12,21-30H2,1-8H3/t37-,38-,39+,40+/m1/s1. The number of hydrogen-bond acceptors (Lipinski definition) is 7. The maximum absolute atomic E-state index is 15.2. The van der Waals surface area contributed by atoms with Crippen molar-refractivity contribution in [2.75, 3.05) is 54.1 Å². The first-order valence-corrected chi connectivity index (χ1v) is 27.0. The summed E-state index contributed by atoms with van der Waals surface area (Å²) in [6, 6.07) is 18.1. The number of rotatable bonds is 22. The highest BCUT2D eigenvalue weighted by atomic mass is 28.3. The summed E-state index contributed by atoms with van der Waals surface area (Å²) in [6.07, 6.45) is 4.94. The molecule has 3 fully saturated rings. The smallest absolute Gasteiger partial charge is 0.320 e. The predicted molar refractivity (Wildman–Crippen MR) is 213 cm³/mol. The summed E-state index contributed by atoms with van der Waals surface area (Å²) in [5, 5.41) is 0. The van der Waals surface area contributed by atoms with Crippen molar-refractivity contribution in [1.29, 1.82) is 0 Å². The van der Waals surface area contributed by atoms with E-state index < -0.39 is 28.4 Å². The second-order valence-corrected chi connectivity index (χ2v) is 28.9. The molecule has 0 aromatic heterocycles. The number of hydrogen-bond donors (Lipinski definition) is 0. The molecule has 3 aliphatic rings. The van der Waals surface area contributed by atoms with Crippen molar-refractivity contribution in [3.8, 4) is 11.5 Å². The molecule has 290 valence electrons. The van der Waals surface area contributed by atoms with E-state index in [0.717, 1.165) is 60.4 Å². The second-order valence-electron chi connectivity index (χ2n) is 17.6. The average Bonchev–Trinajstić information content (AvgIpc) is 4.04. The molecule has 0 N–H and O–H groups in total. The number of ether oxygens (including phenoxy) is 6. The van der Waals surface area contributed by atoms with Crippen LogP contribution in [0, 0.1) is 11.8 Å². The Balaban J connectivity index is 1.54. The molecule has 0 spiro atoms. The molecule has 0 bridgehead atoms. The van der Waals surface area contributed by atoms with Gasteiger partial charge in [0.2, 0.25) is 0 Å². The van der Waals surface area contributed by atoms with Crippen molar-refractivity contribution in [2.45, 2.75) is 114 Å². The van der Waals surface area contributed by atoms with Gasteiger partial charge >= 0.3 is 6.03 Å². The summed E-state index contributed by atoms with van der Waals surface area (Å²) < 4.78 is 37.3. The van der Waals surface area contributed by atoms with Gasteiger partial charge in [-0.15, -0.1) is 0 Å². The molecule has 2 saturated carbocycles. The molecule has 2 aliphatic carbocycles. The van der Waals surface area contributed by atoms with Gasteiger partial charge in [0.1, 0.15) is 37.3 Å².